The first-order valence-corrected chi connectivity index (χ1v) is 9.37. The molecular weight excluding hydrogens is 220 g/mol. The lowest BCUT2D eigenvalue weighted by molar-refractivity contribution is 1.20. The van der Waals surface area contributed by atoms with Crippen molar-refractivity contribution in [2.75, 3.05) is 0 Å². The van der Waals surface area contributed by atoms with Gasteiger partial charge in [0, 0.05) is 0 Å². The van der Waals surface area contributed by atoms with Gasteiger partial charge < -0.3 is 0 Å². The van der Waals surface area contributed by atoms with Crippen LogP contribution in [0.1, 0.15) is 20.8 Å². The van der Waals surface area contributed by atoms with Crippen LogP contribution in [0.25, 0.3) is 10.8 Å². The van der Waals surface area contributed by atoms with Gasteiger partial charge in [-0.15, -0.1) is 0 Å². The van der Waals surface area contributed by atoms with Gasteiger partial charge in [-0.05, 0) is 10.8 Å². The maximum atomic E-state index is 2.38. The second kappa shape index (κ2) is 5.05. The van der Waals surface area contributed by atoms with E-state index < -0.39 is 8.07 Å². The largest absolute Gasteiger partial charge is 0.0867 e. The summed E-state index contributed by atoms with van der Waals surface area (Å²) >= 11 is 0. The van der Waals surface area contributed by atoms with Crippen LogP contribution in [-0.2, 0) is 0 Å². The highest BCUT2D eigenvalue weighted by Crippen LogP contribution is 2.24. The molecule has 0 amide bonds. The lowest BCUT2D eigenvalue weighted by atomic mass is 10.1. The summed E-state index contributed by atoms with van der Waals surface area (Å²) in [5.74, 6) is 0. The number of rotatable bonds is 4. The SMILES string of the molecule is CC[Si](CC)(CC)c1cccc2ccccc12. The van der Waals surface area contributed by atoms with E-state index in [1.54, 1.807) is 5.19 Å². The predicted molar refractivity (Wildman–Crippen MR) is 80.8 cm³/mol. The van der Waals surface area contributed by atoms with Crippen LogP contribution in [0.3, 0.4) is 0 Å². The fraction of sp³-hybridized carbons (Fsp3) is 0.375. The van der Waals surface area contributed by atoms with E-state index in [4.69, 9.17) is 0 Å². The molecule has 0 saturated heterocycles. The molecule has 2 rings (SSSR count). The Morgan fingerprint density at radius 1 is 0.765 bits per heavy atom. The monoisotopic (exact) mass is 242 g/mol. The molecule has 2 aromatic rings. The van der Waals surface area contributed by atoms with Crippen LogP contribution >= 0.6 is 0 Å². The zero-order valence-corrected chi connectivity index (χ0v) is 12.2. The summed E-state index contributed by atoms with van der Waals surface area (Å²) < 4.78 is 0. The molecular formula is C16H22Si. The van der Waals surface area contributed by atoms with E-state index >= 15 is 0 Å². The average molecular weight is 242 g/mol. The van der Waals surface area contributed by atoms with Gasteiger partial charge in [0.1, 0.15) is 0 Å². The second-order valence-electron chi connectivity index (χ2n) is 4.87. The molecule has 0 nitrogen and oxygen atoms in total. The van der Waals surface area contributed by atoms with Gasteiger partial charge in [-0.2, -0.15) is 0 Å². The zero-order valence-electron chi connectivity index (χ0n) is 11.2. The van der Waals surface area contributed by atoms with Gasteiger partial charge >= 0.3 is 0 Å². The Bertz CT molecular complexity index is 484. The molecule has 0 radical (unpaired) electrons. The number of hydrogen-bond donors (Lipinski definition) is 0. The van der Waals surface area contributed by atoms with Gasteiger partial charge in [-0.1, -0.05) is 86.6 Å². The highest BCUT2D eigenvalue weighted by atomic mass is 28.3. The molecule has 2 aromatic carbocycles. The Morgan fingerprint density at radius 3 is 2.00 bits per heavy atom. The van der Waals surface area contributed by atoms with Crippen LogP contribution in [-0.4, -0.2) is 8.07 Å². The van der Waals surface area contributed by atoms with Gasteiger partial charge in [-0.25, -0.2) is 0 Å². The Balaban J connectivity index is 2.69. The number of hydrogen-bond acceptors (Lipinski definition) is 0. The number of fused-ring (bicyclic) bond motifs is 1. The van der Waals surface area contributed by atoms with Crippen LogP contribution in [0.15, 0.2) is 42.5 Å². The van der Waals surface area contributed by atoms with Crippen LogP contribution in [0, 0.1) is 0 Å². The third-order valence-corrected chi connectivity index (χ3v) is 10.0. The van der Waals surface area contributed by atoms with Gasteiger partial charge in [0.05, 0.1) is 8.07 Å². The minimum absolute atomic E-state index is 1.26. The minimum atomic E-state index is -1.26. The van der Waals surface area contributed by atoms with E-state index in [-0.39, 0.29) is 0 Å². The minimum Gasteiger partial charge on any atom is -0.0675 e. The van der Waals surface area contributed by atoms with Crippen molar-refractivity contribution in [3.63, 3.8) is 0 Å². The van der Waals surface area contributed by atoms with Crippen molar-refractivity contribution in [1.29, 1.82) is 0 Å². The summed E-state index contributed by atoms with van der Waals surface area (Å²) in [6, 6.07) is 19.8. The maximum absolute atomic E-state index is 2.38. The Hall–Kier alpha value is -1.08. The molecule has 0 aliphatic rings. The third-order valence-electron chi connectivity index (χ3n) is 4.39. The van der Waals surface area contributed by atoms with Gasteiger partial charge in [0.25, 0.3) is 0 Å². The first-order chi connectivity index (χ1) is 8.27. The van der Waals surface area contributed by atoms with Crippen molar-refractivity contribution in [3.8, 4) is 0 Å². The smallest absolute Gasteiger partial charge is 0.0675 e. The molecule has 90 valence electrons. The lowest BCUT2D eigenvalue weighted by Crippen LogP contribution is -2.46. The molecule has 0 saturated carbocycles. The zero-order chi connectivity index (χ0) is 12.3. The molecule has 0 fully saturated rings. The van der Waals surface area contributed by atoms with E-state index in [1.807, 2.05) is 0 Å². The number of benzene rings is 2. The molecule has 0 spiro atoms. The first-order valence-electron chi connectivity index (χ1n) is 6.75. The summed E-state index contributed by atoms with van der Waals surface area (Å²) in [6.07, 6.45) is 0. The molecule has 0 aliphatic carbocycles. The van der Waals surface area contributed by atoms with Crippen LogP contribution < -0.4 is 5.19 Å². The second-order valence-corrected chi connectivity index (χ2v) is 10.1. The standard InChI is InChI=1S/C16H22Si/c1-4-17(5-2,6-3)16-13-9-11-14-10-7-8-12-15(14)16/h7-13H,4-6H2,1-3H3. The van der Waals surface area contributed by atoms with Gasteiger partial charge in [0.2, 0.25) is 0 Å². The molecule has 0 aliphatic heterocycles. The van der Waals surface area contributed by atoms with Crippen molar-refractivity contribution < 1.29 is 0 Å². The molecule has 17 heavy (non-hydrogen) atoms. The maximum Gasteiger partial charge on any atom is 0.0867 e. The fourth-order valence-corrected chi connectivity index (χ4v) is 6.90. The quantitative estimate of drug-likeness (QED) is 0.690. The van der Waals surface area contributed by atoms with Crippen molar-refractivity contribution in [2.45, 2.75) is 38.9 Å². The van der Waals surface area contributed by atoms with E-state index in [0.29, 0.717) is 0 Å². The molecule has 0 bridgehead atoms. The van der Waals surface area contributed by atoms with Crippen LogP contribution in [0.5, 0.6) is 0 Å². The summed E-state index contributed by atoms with van der Waals surface area (Å²) in [6.45, 7) is 7.13. The highest BCUT2D eigenvalue weighted by molar-refractivity contribution is 6.93. The van der Waals surface area contributed by atoms with Crippen molar-refractivity contribution in [3.05, 3.63) is 42.5 Å². The summed E-state index contributed by atoms with van der Waals surface area (Å²) in [4.78, 5) is 0. The Labute approximate surface area is 106 Å². The normalized spacial score (nSPS) is 11.9. The van der Waals surface area contributed by atoms with Crippen molar-refractivity contribution >= 4 is 24.0 Å². The van der Waals surface area contributed by atoms with Crippen molar-refractivity contribution in [1.82, 2.24) is 0 Å². The fourth-order valence-electron chi connectivity index (χ4n) is 3.01. The molecule has 0 unspecified atom stereocenters. The molecule has 0 heterocycles. The van der Waals surface area contributed by atoms with E-state index in [1.165, 1.54) is 28.9 Å². The van der Waals surface area contributed by atoms with Gasteiger partial charge in [0.15, 0.2) is 0 Å². The molecule has 0 atom stereocenters. The summed E-state index contributed by atoms with van der Waals surface area (Å²) in [5.41, 5.74) is 0. The highest BCUT2D eigenvalue weighted by Gasteiger charge is 2.30. The van der Waals surface area contributed by atoms with Crippen LogP contribution in [0.2, 0.25) is 18.1 Å². The first kappa shape index (κ1) is 12.4. The van der Waals surface area contributed by atoms with Crippen molar-refractivity contribution in [2.24, 2.45) is 0 Å². The Kier molecular flexibility index (Phi) is 3.68. The molecule has 0 N–H and O–H groups in total. The molecule has 0 aromatic heterocycles. The lowest BCUT2D eigenvalue weighted by Gasteiger charge is -2.30. The van der Waals surface area contributed by atoms with Gasteiger partial charge in [-0.3, -0.25) is 0 Å². The molecule has 1 heteroatoms. The average Bonchev–Trinajstić information content (AvgIpc) is 2.41. The predicted octanol–water partition coefficient (Wildman–Crippen LogP) is 4.56. The Morgan fingerprint density at radius 2 is 1.35 bits per heavy atom. The van der Waals surface area contributed by atoms with E-state index in [9.17, 15) is 0 Å². The van der Waals surface area contributed by atoms with E-state index in [2.05, 4.69) is 63.2 Å². The third kappa shape index (κ3) is 2.04. The van der Waals surface area contributed by atoms with Crippen LogP contribution in [0.4, 0.5) is 0 Å². The summed E-state index contributed by atoms with van der Waals surface area (Å²) in [5, 5.41) is 4.56. The summed E-state index contributed by atoms with van der Waals surface area (Å²) in [7, 11) is -1.26. The topological polar surface area (TPSA) is 0 Å². The van der Waals surface area contributed by atoms with E-state index in [0.717, 1.165) is 0 Å².